The molecule has 0 saturated heterocycles. The molecule has 0 saturated carbocycles. The maximum atomic E-state index is 13.3. The van der Waals surface area contributed by atoms with E-state index in [1.54, 1.807) is 42.5 Å². The van der Waals surface area contributed by atoms with Crippen molar-refractivity contribution < 1.29 is 22.8 Å². The number of amides is 2. The highest BCUT2D eigenvalue weighted by molar-refractivity contribution is 7.89. The fourth-order valence-electron chi connectivity index (χ4n) is 2.95. The van der Waals surface area contributed by atoms with Crippen LogP contribution in [0.5, 0.6) is 0 Å². The second kappa shape index (κ2) is 9.57. The Morgan fingerprint density at radius 3 is 1.97 bits per heavy atom. The summed E-state index contributed by atoms with van der Waals surface area (Å²) in [5.74, 6) is -1.62. The average Bonchev–Trinajstić information content (AvgIpc) is 2.78. The van der Waals surface area contributed by atoms with Crippen molar-refractivity contribution in [2.24, 2.45) is 0 Å². The van der Waals surface area contributed by atoms with Crippen LogP contribution in [0.4, 0.5) is 5.69 Å². The fraction of sp³-hybridized carbons (Fsp3) is 0.125. The molecule has 0 heterocycles. The quantitative estimate of drug-likeness (QED) is 0.554. The van der Waals surface area contributed by atoms with Gasteiger partial charge in [0.15, 0.2) is 5.78 Å². The molecule has 0 radical (unpaired) electrons. The van der Waals surface area contributed by atoms with Crippen LogP contribution in [-0.2, 0) is 14.8 Å². The van der Waals surface area contributed by atoms with E-state index in [1.807, 2.05) is 6.92 Å². The Kier molecular flexibility index (Phi) is 6.85. The van der Waals surface area contributed by atoms with Crippen LogP contribution in [-0.4, -0.2) is 36.9 Å². The van der Waals surface area contributed by atoms with Crippen LogP contribution in [0.1, 0.15) is 33.2 Å². The molecule has 0 aliphatic carbocycles. The minimum absolute atomic E-state index is 0.0917. The predicted octanol–water partition coefficient (Wildman–Crippen LogP) is 3.67. The summed E-state index contributed by atoms with van der Waals surface area (Å²) >= 11 is 0. The zero-order chi connectivity index (χ0) is 23.3. The summed E-state index contributed by atoms with van der Waals surface area (Å²) < 4.78 is 27.1. The van der Waals surface area contributed by atoms with Gasteiger partial charge < -0.3 is 5.32 Å². The van der Waals surface area contributed by atoms with E-state index in [0.29, 0.717) is 15.6 Å². The SMILES string of the molecule is CC(=O)c1ccc(NC(=O)CN(C(=O)c2ccccc2)S(=O)(=O)c2ccc(C)cc2)cc1. The number of nitrogens with zero attached hydrogens (tertiary/aromatic N) is 1. The van der Waals surface area contributed by atoms with Gasteiger partial charge in [-0.25, -0.2) is 12.7 Å². The third-order valence-electron chi connectivity index (χ3n) is 4.72. The Morgan fingerprint density at radius 1 is 0.812 bits per heavy atom. The van der Waals surface area contributed by atoms with Crippen molar-refractivity contribution >= 4 is 33.3 Å². The number of nitrogens with one attached hydrogen (secondary N) is 1. The summed E-state index contributed by atoms with van der Waals surface area (Å²) in [6, 6.07) is 20.1. The highest BCUT2D eigenvalue weighted by atomic mass is 32.2. The van der Waals surface area contributed by atoms with E-state index in [1.165, 1.54) is 43.3 Å². The largest absolute Gasteiger partial charge is 0.325 e. The summed E-state index contributed by atoms with van der Waals surface area (Å²) in [5.41, 5.74) is 1.85. The molecular formula is C24H22N2O5S. The van der Waals surface area contributed by atoms with Crippen molar-refractivity contribution in [1.29, 1.82) is 0 Å². The molecule has 0 spiro atoms. The molecule has 0 unspecified atom stereocenters. The first kappa shape index (κ1) is 22.9. The van der Waals surface area contributed by atoms with E-state index in [2.05, 4.69) is 5.32 Å². The molecule has 0 bridgehead atoms. The minimum Gasteiger partial charge on any atom is -0.325 e. The van der Waals surface area contributed by atoms with E-state index >= 15 is 0 Å². The zero-order valence-corrected chi connectivity index (χ0v) is 18.4. The number of hydrogen-bond donors (Lipinski definition) is 1. The van der Waals surface area contributed by atoms with Gasteiger partial charge in [0.05, 0.1) is 4.90 Å². The fourth-order valence-corrected chi connectivity index (χ4v) is 4.29. The Hall–Kier alpha value is -3.78. The van der Waals surface area contributed by atoms with Gasteiger partial charge in [0.2, 0.25) is 5.91 Å². The smallest absolute Gasteiger partial charge is 0.268 e. The van der Waals surface area contributed by atoms with E-state index in [-0.39, 0.29) is 16.2 Å². The average molecular weight is 451 g/mol. The standard InChI is InChI=1S/C24H22N2O5S/c1-17-8-14-22(15-9-17)32(30,31)26(24(29)20-6-4-3-5-7-20)16-23(28)25-21-12-10-19(11-13-21)18(2)27/h3-15H,16H2,1-2H3,(H,25,28). The number of Topliss-reactive ketones (excluding diaryl/α,β-unsaturated/α-hetero) is 1. The van der Waals surface area contributed by atoms with E-state index in [4.69, 9.17) is 0 Å². The number of sulfonamides is 1. The van der Waals surface area contributed by atoms with E-state index in [0.717, 1.165) is 5.56 Å². The Balaban J connectivity index is 1.90. The zero-order valence-electron chi connectivity index (χ0n) is 17.6. The van der Waals surface area contributed by atoms with Gasteiger partial charge in [-0.15, -0.1) is 0 Å². The Bertz CT molecular complexity index is 1240. The van der Waals surface area contributed by atoms with Gasteiger partial charge in [-0.2, -0.15) is 0 Å². The minimum atomic E-state index is -4.29. The van der Waals surface area contributed by atoms with Gasteiger partial charge in [0.25, 0.3) is 15.9 Å². The monoisotopic (exact) mass is 450 g/mol. The van der Waals surface area contributed by atoms with Crippen LogP contribution in [0, 0.1) is 6.92 Å². The van der Waals surface area contributed by atoms with Gasteiger partial charge >= 0.3 is 0 Å². The first-order valence-corrected chi connectivity index (χ1v) is 11.2. The topological polar surface area (TPSA) is 101 Å². The van der Waals surface area contributed by atoms with E-state index in [9.17, 15) is 22.8 Å². The van der Waals surface area contributed by atoms with Crippen molar-refractivity contribution in [3.05, 3.63) is 95.6 Å². The van der Waals surface area contributed by atoms with Crippen molar-refractivity contribution in [2.75, 3.05) is 11.9 Å². The van der Waals surface area contributed by atoms with Crippen LogP contribution in [0.25, 0.3) is 0 Å². The Morgan fingerprint density at radius 2 is 1.41 bits per heavy atom. The lowest BCUT2D eigenvalue weighted by molar-refractivity contribution is -0.116. The molecule has 2 amide bonds. The summed E-state index contributed by atoms with van der Waals surface area (Å²) in [6.45, 7) is 2.53. The molecular weight excluding hydrogens is 428 g/mol. The normalized spacial score (nSPS) is 10.9. The highest BCUT2D eigenvalue weighted by Crippen LogP contribution is 2.20. The van der Waals surface area contributed by atoms with Crippen LogP contribution >= 0.6 is 0 Å². The molecule has 7 nitrogen and oxygen atoms in total. The third kappa shape index (κ3) is 5.28. The third-order valence-corrected chi connectivity index (χ3v) is 6.46. The lowest BCUT2D eigenvalue weighted by Crippen LogP contribution is -2.42. The van der Waals surface area contributed by atoms with Crippen molar-refractivity contribution in [3.63, 3.8) is 0 Å². The summed E-state index contributed by atoms with van der Waals surface area (Å²) in [4.78, 5) is 37.1. The first-order valence-electron chi connectivity index (χ1n) is 9.78. The maximum Gasteiger partial charge on any atom is 0.268 e. The molecule has 0 aromatic heterocycles. The number of rotatable bonds is 7. The molecule has 0 aliphatic rings. The number of carbonyl (C=O) groups excluding carboxylic acids is 3. The van der Waals surface area contributed by atoms with Crippen LogP contribution in [0.3, 0.4) is 0 Å². The number of carbonyl (C=O) groups is 3. The molecule has 3 aromatic carbocycles. The molecule has 164 valence electrons. The van der Waals surface area contributed by atoms with Gasteiger partial charge in [-0.3, -0.25) is 14.4 Å². The molecule has 8 heteroatoms. The van der Waals surface area contributed by atoms with Crippen molar-refractivity contribution in [3.8, 4) is 0 Å². The van der Waals surface area contributed by atoms with Crippen molar-refractivity contribution in [1.82, 2.24) is 4.31 Å². The summed E-state index contributed by atoms with van der Waals surface area (Å²) in [7, 11) is -4.29. The number of ketones is 1. The Labute approximate surface area is 186 Å². The molecule has 1 N–H and O–H groups in total. The predicted molar refractivity (Wildman–Crippen MR) is 121 cm³/mol. The van der Waals surface area contributed by atoms with Crippen LogP contribution in [0.15, 0.2) is 83.8 Å². The molecule has 32 heavy (non-hydrogen) atoms. The molecule has 0 fully saturated rings. The molecule has 0 aliphatic heterocycles. The lowest BCUT2D eigenvalue weighted by Gasteiger charge is -2.22. The molecule has 0 atom stereocenters. The molecule has 3 rings (SSSR count). The van der Waals surface area contributed by atoms with E-state index < -0.39 is 28.4 Å². The maximum absolute atomic E-state index is 13.3. The van der Waals surface area contributed by atoms with Gasteiger partial charge in [-0.05, 0) is 62.4 Å². The second-order valence-corrected chi connectivity index (χ2v) is 9.04. The summed E-state index contributed by atoms with van der Waals surface area (Å²) in [6.07, 6.45) is 0. The lowest BCUT2D eigenvalue weighted by atomic mass is 10.1. The number of hydrogen-bond acceptors (Lipinski definition) is 5. The summed E-state index contributed by atoms with van der Waals surface area (Å²) in [5, 5.41) is 2.57. The van der Waals surface area contributed by atoms with Crippen LogP contribution in [0.2, 0.25) is 0 Å². The number of benzene rings is 3. The van der Waals surface area contributed by atoms with Crippen LogP contribution < -0.4 is 5.32 Å². The molecule has 3 aromatic rings. The van der Waals surface area contributed by atoms with Gasteiger partial charge in [0, 0.05) is 16.8 Å². The highest BCUT2D eigenvalue weighted by Gasteiger charge is 2.32. The van der Waals surface area contributed by atoms with Crippen molar-refractivity contribution in [2.45, 2.75) is 18.7 Å². The second-order valence-electron chi connectivity index (χ2n) is 7.18. The van der Waals surface area contributed by atoms with Gasteiger partial charge in [0.1, 0.15) is 6.54 Å². The van der Waals surface area contributed by atoms with Gasteiger partial charge in [-0.1, -0.05) is 35.9 Å². The number of anilines is 1. The first-order chi connectivity index (χ1) is 15.2. The number of aryl methyl sites for hydroxylation is 1.